The number of aromatic hydroxyl groups is 1. The number of carbonyl (C=O) groups excluding carboxylic acids is 3. The first-order valence-electron chi connectivity index (χ1n) is 11.8. The van der Waals surface area contributed by atoms with Crippen LogP contribution in [0.1, 0.15) is 49.9 Å². The molecule has 0 aliphatic rings. The molecule has 0 saturated heterocycles. The minimum Gasteiger partial charge on any atom is -0.507 e. The number of nitrogens with one attached hydrogen (secondary N) is 2. The SMILES string of the molecule is CC(C)C/C(CC(=O)CCC(=O)Nc1ccccc1[N+](=O)[O-])=N/NC(=O)c1cc2ccccc2cc1O. The number of benzene rings is 3. The second kappa shape index (κ2) is 12.4. The number of amides is 2. The van der Waals surface area contributed by atoms with Crippen LogP contribution in [0, 0.1) is 16.0 Å². The molecule has 3 aromatic carbocycles. The normalized spacial score (nSPS) is 11.4. The number of ketones is 1. The third-order valence-corrected chi connectivity index (χ3v) is 5.48. The van der Waals surface area contributed by atoms with Gasteiger partial charge >= 0.3 is 0 Å². The molecule has 0 atom stereocenters. The maximum absolute atomic E-state index is 12.7. The molecule has 0 aliphatic carbocycles. The van der Waals surface area contributed by atoms with Crippen molar-refractivity contribution in [1.29, 1.82) is 0 Å². The fourth-order valence-electron chi connectivity index (χ4n) is 3.75. The van der Waals surface area contributed by atoms with Gasteiger partial charge in [0.1, 0.15) is 17.2 Å². The number of phenolic OH excluding ortho intramolecular Hbond substituents is 1. The first kappa shape index (κ1) is 27.0. The molecule has 192 valence electrons. The number of nitro groups is 1. The summed E-state index contributed by atoms with van der Waals surface area (Å²) < 4.78 is 0. The van der Waals surface area contributed by atoms with Gasteiger partial charge in [-0.15, -0.1) is 0 Å². The van der Waals surface area contributed by atoms with Crippen LogP contribution < -0.4 is 10.7 Å². The van der Waals surface area contributed by atoms with Gasteiger partial charge in [-0.2, -0.15) is 5.10 Å². The molecule has 0 fully saturated rings. The smallest absolute Gasteiger partial charge is 0.292 e. The Morgan fingerprint density at radius 2 is 1.65 bits per heavy atom. The summed E-state index contributed by atoms with van der Waals surface area (Å²) in [6.07, 6.45) is 0.124. The summed E-state index contributed by atoms with van der Waals surface area (Å²) in [5.41, 5.74) is 2.75. The average Bonchev–Trinajstić information content (AvgIpc) is 2.85. The van der Waals surface area contributed by atoms with E-state index in [1.165, 1.54) is 24.3 Å². The molecule has 0 aromatic heterocycles. The Kier molecular flexibility index (Phi) is 9.04. The maximum Gasteiger partial charge on any atom is 0.292 e. The Morgan fingerprint density at radius 1 is 1.00 bits per heavy atom. The average molecular weight is 505 g/mol. The van der Waals surface area contributed by atoms with Gasteiger partial charge in [0.15, 0.2) is 0 Å². The fraction of sp³-hybridized carbons (Fsp3) is 0.259. The second-order valence-corrected chi connectivity index (χ2v) is 8.97. The topological polar surface area (TPSA) is 151 Å². The predicted molar refractivity (Wildman–Crippen MR) is 141 cm³/mol. The summed E-state index contributed by atoms with van der Waals surface area (Å²) in [5, 5.41) is 29.5. The quantitative estimate of drug-likeness (QED) is 0.191. The lowest BCUT2D eigenvalue weighted by Gasteiger charge is -2.10. The van der Waals surface area contributed by atoms with Gasteiger partial charge in [-0.1, -0.05) is 50.2 Å². The lowest BCUT2D eigenvalue weighted by Crippen LogP contribution is -2.22. The van der Waals surface area contributed by atoms with E-state index in [0.717, 1.165) is 10.8 Å². The number of Topliss-reactive ketones (excluding diaryl/α,β-unsaturated/α-hetero) is 1. The molecule has 3 aromatic rings. The number of carbonyl (C=O) groups is 3. The van der Waals surface area contributed by atoms with Crippen LogP contribution in [-0.4, -0.2) is 33.3 Å². The van der Waals surface area contributed by atoms with Crippen LogP contribution in [0.15, 0.2) is 65.8 Å². The molecule has 2 amide bonds. The first-order valence-corrected chi connectivity index (χ1v) is 11.8. The molecular weight excluding hydrogens is 476 g/mol. The lowest BCUT2D eigenvalue weighted by atomic mass is 10.0. The number of anilines is 1. The number of phenols is 1. The van der Waals surface area contributed by atoms with E-state index in [1.54, 1.807) is 12.1 Å². The molecule has 10 heteroatoms. The molecule has 37 heavy (non-hydrogen) atoms. The maximum atomic E-state index is 12.7. The van der Waals surface area contributed by atoms with Gasteiger partial charge in [0.05, 0.1) is 10.5 Å². The molecule has 0 saturated carbocycles. The second-order valence-electron chi connectivity index (χ2n) is 8.97. The first-order chi connectivity index (χ1) is 17.6. The summed E-state index contributed by atoms with van der Waals surface area (Å²) in [5.74, 6) is -1.43. The van der Waals surface area contributed by atoms with Crippen LogP contribution in [0.25, 0.3) is 10.8 Å². The Balaban J connectivity index is 1.61. The Bertz CT molecular complexity index is 1370. The zero-order chi connectivity index (χ0) is 26.9. The minimum atomic E-state index is -0.610. The van der Waals surface area contributed by atoms with E-state index in [2.05, 4.69) is 15.8 Å². The third-order valence-electron chi connectivity index (χ3n) is 5.48. The van der Waals surface area contributed by atoms with Crippen molar-refractivity contribution in [2.45, 2.75) is 39.5 Å². The summed E-state index contributed by atoms with van der Waals surface area (Å²) in [7, 11) is 0. The number of hydrogen-bond acceptors (Lipinski definition) is 7. The molecule has 0 bridgehead atoms. The molecule has 10 nitrogen and oxygen atoms in total. The van der Waals surface area contributed by atoms with Crippen LogP contribution >= 0.6 is 0 Å². The molecule has 0 spiro atoms. The van der Waals surface area contributed by atoms with Crippen molar-refractivity contribution in [3.05, 3.63) is 76.3 Å². The number of rotatable bonds is 11. The van der Waals surface area contributed by atoms with E-state index >= 15 is 0 Å². The molecule has 3 rings (SSSR count). The Hall–Kier alpha value is -4.60. The molecule has 0 aliphatic heterocycles. The van der Waals surface area contributed by atoms with Gasteiger partial charge in [-0.25, -0.2) is 5.43 Å². The number of hydrogen-bond donors (Lipinski definition) is 3. The number of para-hydroxylation sites is 2. The van der Waals surface area contributed by atoms with Crippen LogP contribution in [-0.2, 0) is 9.59 Å². The monoisotopic (exact) mass is 504 g/mol. The van der Waals surface area contributed by atoms with E-state index < -0.39 is 16.7 Å². The van der Waals surface area contributed by atoms with Gasteiger partial charge in [0, 0.05) is 31.0 Å². The summed E-state index contributed by atoms with van der Waals surface area (Å²) in [6, 6.07) is 16.1. The van der Waals surface area contributed by atoms with Crippen molar-refractivity contribution < 1.29 is 24.4 Å². The van der Waals surface area contributed by atoms with E-state index in [1.807, 2.05) is 38.1 Å². The zero-order valence-corrected chi connectivity index (χ0v) is 20.6. The summed E-state index contributed by atoms with van der Waals surface area (Å²) in [6.45, 7) is 3.88. The number of hydrazone groups is 1. The van der Waals surface area contributed by atoms with E-state index in [4.69, 9.17) is 0 Å². The lowest BCUT2D eigenvalue weighted by molar-refractivity contribution is -0.383. The van der Waals surface area contributed by atoms with E-state index in [9.17, 15) is 29.6 Å². The molecule has 3 N–H and O–H groups in total. The predicted octanol–water partition coefficient (Wildman–Crippen LogP) is 4.96. The van der Waals surface area contributed by atoms with Gasteiger partial charge in [0.25, 0.3) is 11.6 Å². The fourth-order valence-corrected chi connectivity index (χ4v) is 3.75. The van der Waals surface area contributed by atoms with Crippen molar-refractivity contribution in [2.75, 3.05) is 5.32 Å². The highest BCUT2D eigenvalue weighted by atomic mass is 16.6. The Morgan fingerprint density at radius 3 is 2.32 bits per heavy atom. The highest BCUT2D eigenvalue weighted by molar-refractivity contribution is 6.05. The summed E-state index contributed by atoms with van der Waals surface area (Å²) in [4.78, 5) is 48.0. The van der Waals surface area contributed by atoms with E-state index in [0.29, 0.717) is 12.1 Å². The van der Waals surface area contributed by atoms with Crippen molar-refractivity contribution in [1.82, 2.24) is 5.43 Å². The van der Waals surface area contributed by atoms with Crippen LogP contribution in [0.2, 0.25) is 0 Å². The molecule has 0 unspecified atom stereocenters. The van der Waals surface area contributed by atoms with Crippen molar-refractivity contribution in [3.8, 4) is 5.75 Å². The van der Waals surface area contributed by atoms with Crippen molar-refractivity contribution in [2.24, 2.45) is 11.0 Å². The van der Waals surface area contributed by atoms with Gasteiger partial charge in [0.2, 0.25) is 5.91 Å². The third kappa shape index (κ3) is 7.69. The van der Waals surface area contributed by atoms with Gasteiger partial charge < -0.3 is 10.4 Å². The van der Waals surface area contributed by atoms with Crippen molar-refractivity contribution in [3.63, 3.8) is 0 Å². The van der Waals surface area contributed by atoms with Gasteiger partial charge in [-0.05, 0) is 41.3 Å². The zero-order valence-electron chi connectivity index (χ0n) is 20.6. The van der Waals surface area contributed by atoms with Crippen LogP contribution in [0.4, 0.5) is 11.4 Å². The number of nitrogens with zero attached hydrogens (tertiary/aromatic N) is 2. The van der Waals surface area contributed by atoms with Gasteiger partial charge in [-0.3, -0.25) is 24.5 Å². The van der Waals surface area contributed by atoms with Crippen molar-refractivity contribution >= 4 is 45.5 Å². The van der Waals surface area contributed by atoms with E-state index in [-0.39, 0.29) is 53.7 Å². The Labute approximate surface area is 213 Å². The largest absolute Gasteiger partial charge is 0.507 e. The van der Waals surface area contributed by atoms with Crippen LogP contribution in [0.5, 0.6) is 5.75 Å². The standard InChI is InChI=1S/C27H28N4O6/c1-17(2)13-20(29-30-27(35)22-14-18-7-3-4-8-19(18)15-25(22)33)16-21(32)11-12-26(34)28-23-9-5-6-10-24(23)31(36)37/h3-10,14-15,17,33H,11-13,16H2,1-2H3,(H,28,34)(H,30,35)/b29-20-. The molecule has 0 radical (unpaired) electrons. The van der Waals surface area contributed by atoms with Crippen LogP contribution in [0.3, 0.4) is 0 Å². The minimum absolute atomic E-state index is 0.0596. The number of nitro benzene ring substituents is 1. The molecular formula is C27H28N4O6. The summed E-state index contributed by atoms with van der Waals surface area (Å²) >= 11 is 0. The number of fused-ring (bicyclic) bond motifs is 1. The highest BCUT2D eigenvalue weighted by Gasteiger charge is 2.17. The highest BCUT2D eigenvalue weighted by Crippen LogP contribution is 2.25. The molecule has 0 heterocycles.